The minimum absolute atomic E-state index is 0.0623. The van der Waals surface area contributed by atoms with Crippen LogP contribution in [0.3, 0.4) is 0 Å². The van der Waals surface area contributed by atoms with Gasteiger partial charge in [-0.15, -0.1) is 11.3 Å². The van der Waals surface area contributed by atoms with Gasteiger partial charge in [0.15, 0.2) is 9.84 Å². The van der Waals surface area contributed by atoms with Gasteiger partial charge in [0, 0.05) is 10.7 Å². The van der Waals surface area contributed by atoms with Crippen molar-refractivity contribution in [1.82, 2.24) is 0 Å². The van der Waals surface area contributed by atoms with E-state index >= 15 is 0 Å². The highest BCUT2D eigenvalue weighted by molar-refractivity contribution is 9.13. The molecule has 112 valence electrons. The zero-order valence-corrected chi connectivity index (χ0v) is 15.3. The summed E-state index contributed by atoms with van der Waals surface area (Å²) in [5, 5.41) is 2.37. The molecule has 0 aliphatic heterocycles. The van der Waals surface area contributed by atoms with Crippen LogP contribution in [0, 0.1) is 5.82 Å². The Morgan fingerprint density at radius 2 is 1.95 bits per heavy atom. The summed E-state index contributed by atoms with van der Waals surface area (Å²) in [6, 6.07) is 4.84. The number of benzene rings is 1. The normalized spacial score (nSPS) is 11.4. The minimum atomic E-state index is -3.48. The number of anilines is 1. The molecule has 2 aromatic rings. The maximum absolute atomic E-state index is 13.7. The van der Waals surface area contributed by atoms with E-state index in [1.54, 1.807) is 6.07 Å². The van der Waals surface area contributed by atoms with E-state index in [0.29, 0.717) is 9.35 Å². The predicted molar refractivity (Wildman–Crippen MR) is 87.2 cm³/mol. The van der Waals surface area contributed by atoms with Crippen molar-refractivity contribution in [1.29, 1.82) is 0 Å². The van der Waals surface area contributed by atoms with Crippen LogP contribution in [-0.4, -0.2) is 20.6 Å². The second-order valence-corrected chi connectivity index (χ2v) is 9.34. The summed E-state index contributed by atoms with van der Waals surface area (Å²) >= 11 is 7.69. The molecular weight excluding hydrogens is 449 g/mol. The van der Waals surface area contributed by atoms with Crippen LogP contribution in [0.1, 0.15) is 9.67 Å². The summed E-state index contributed by atoms with van der Waals surface area (Å²) in [6.45, 7) is 0. The smallest absolute Gasteiger partial charge is 0.265 e. The van der Waals surface area contributed by atoms with Gasteiger partial charge in [0.1, 0.15) is 5.82 Å². The van der Waals surface area contributed by atoms with Crippen LogP contribution in [-0.2, 0) is 9.84 Å². The molecule has 0 aliphatic carbocycles. The number of amides is 1. The van der Waals surface area contributed by atoms with Crippen LogP contribution in [0.15, 0.2) is 37.4 Å². The molecule has 4 nitrogen and oxygen atoms in total. The summed E-state index contributed by atoms with van der Waals surface area (Å²) in [5.74, 6) is -1.22. The van der Waals surface area contributed by atoms with E-state index in [1.807, 2.05) is 0 Å². The zero-order chi connectivity index (χ0) is 15.8. The molecular formula is C12H8Br2FNO3S2. The van der Waals surface area contributed by atoms with Gasteiger partial charge >= 0.3 is 0 Å². The van der Waals surface area contributed by atoms with Gasteiger partial charge in [-0.25, -0.2) is 12.8 Å². The molecule has 0 spiro atoms. The Kier molecular flexibility index (Phi) is 4.86. The monoisotopic (exact) mass is 455 g/mol. The number of carbonyl (C=O) groups is 1. The number of thiophene rings is 1. The lowest BCUT2D eigenvalue weighted by Gasteiger charge is -2.07. The first-order chi connectivity index (χ1) is 9.68. The second-order valence-electron chi connectivity index (χ2n) is 4.10. The molecule has 0 radical (unpaired) electrons. The van der Waals surface area contributed by atoms with Crippen molar-refractivity contribution in [3.63, 3.8) is 0 Å². The van der Waals surface area contributed by atoms with Crippen LogP contribution in [0.4, 0.5) is 10.1 Å². The summed E-state index contributed by atoms with van der Waals surface area (Å²) in [5.41, 5.74) is -0.177. The maximum atomic E-state index is 13.7. The Morgan fingerprint density at radius 3 is 2.48 bits per heavy atom. The zero-order valence-electron chi connectivity index (χ0n) is 10.5. The van der Waals surface area contributed by atoms with Crippen LogP contribution in [0.5, 0.6) is 0 Å². The molecule has 0 aliphatic rings. The maximum Gasteiger partial charge on any atom is 0.265 e. The highest BCUT2D eigenvalue weighted by atomic mass is 79.9. The second kappa shape index (κ2) is 6.15. The number of rotatable bonds is 3. The molecule has 0 atom stereocenters. The Balaban J connectivity index is 2.33. The lowest BCUT2D eigenvalue weighted by atomic mass is 10.3. The Hall–Kier alpha value is -0.770. The average Bonchev–Trinajstić information content (AvgIpc) is 2.71. The van der Waals surface area contributed by atoms with Gasteiger partial charge in [-0.2, -0.15) is 0 Å². The molecule has 9 heteroatoms. The highest BCUT2D eigenvalue weighted by Crippen LogP contribution is 2.33. The van der Waals surface area contributed by atoms with Gasteiger partial charge in [0.05, 0.1) is 19.2 Å². The van der Waals surface area contributed by atoms with E-state index in [2.05, 4.69) is 37.2 Å². The first-order valence-electron chi connectivity index (χ1n) is 5.44. The number of hydrogen-bond acceptors (Lipinski definition) is 4. The Labute approximate surface area is 141 Å². The van der Waals surface area contributed by atoms with Crippen molar-refractivity contribution in [2.45, 2.75) is 4.90 Å². The van der Waals surface area contributed by atoms with E-state index in [-0.39, 0.29) is 10.6 Å². The van der Waals surface area contributed by atoms with Gasteiger partial charge < -0.3 is 5.32 Å². The fourth-order valence-corrected chi connectivity index (χ4v) is 4.05. The summed E-state index contributed by atoms with van der Waals surface area (Å²) in [7, 11) is -3.48. The van der Waals surface area contributed by atoms with Gasteiger partial charge in [0.25, 0.3) is 5.91 Å². The molecule has 1 aromatic carbocycles. The van der Waals surface area contributed by atoms with Crippen LogP contribution in [0.2, 0.25) is 0 Å². The quantitative estimate of drug-likeness (QED) is 0.708. The molecule has 0 saturated carbocycles. The van der Waals surface area contributed by atoms with Crippen molar-refractivity contribution < 1.29 is 17.6 Å². The molecule has 2 rings (SSSR count). The van der Waals surface area contributed by atoms with E-state index in [4.69, 9.17) is 0 Å². The summed E-state index contributed by atoms with van der Waals surface area (Å²) in [6.07, 6.45) is 1.01. The first kappa shape index (κ1) is 16.6. The van der Waals surface area contributed by atoms with E-state index in [9.17, 15) is 17.6 Å². The highest BCUT2D eigenvalue weighted by Gasteiger charge is 2.16. The number of nitrogens with one attached hydrogen (secondary N) is 1. The van der Waals surface area contributed by atoms with E-state index in [0.717, 1.165) is 28.2 Å². The summed E-state index contributed by atoms with van der Waals surface area (Å²) in [4.78, 5) is 12.3. The number of hydrogen-bond donors (Lipinski definition) is 1. The molecule has 0 unspecified atom stereocenters. The summed E-state index contributed by atoms with van der Waals surface area (Å²) < 4.78 is 38.0. The van der Waals surface area contributed by atoms with Crippen LogP contribution in [0.25, 0.3) is 0 Å². The SMILES string of the molecule is CS(=O)(=O)c1ccc(F)c(NC(=O)c2cc(Br)c(Br)s2)c1. The van der Waals surface area contributed by atoms with Crippen molar-refractivity contribution in [3.8, 4) is 0 Å². The van der Waals surface area contributed by atoms with Gasteiger partial charge in [-0.1, -0.05) is 0 Å². The average molecular weight is 457 g/mol. The Bertz CT molecular complexity index is 798. The Morgan fingerprint density at radius 1 is 1.29 bits per heavy atom. The van der Waals surface area contributed by atoms with Crippen molar-refractivity contribution in [2.75, 3.05) is 11.6 Å². The third-order valence-corrected chi connectivity index (χ3v) is 6.85. The molecule has 1 aromatic heterocycles. The molecule has 1 N–H and O–H groups in total. The largest absolute Gasteiger partial charge is 0.319 e. The van der Waals surface area contributed by atoms with Crippen LogP contribution >= 0.6 is 43.2 Å². The predicted octanol–water partition coefficient (Wildman–Crippen LogP) is 4.07. The lowest BCUT2D eigenvalue weighted by Crippen LogP contribution is -2.12. The van der Waals surface area contributed by atoms with Gasteiger partial charge in [0.2, 0.25) is 0 Å². The topological polar surface area (TPSA) is 63.2 Å². The van der Waals surface area contributed by atoms with Crippen LogP contribution < -0.4 is 5.32 Å². The molecule has 1 amide bonds. The fraction of sp³-hybridized carbons (Fsp3) is 0.0833. The first-order valence-corrected chi connectivity index (χ1v) is 9.73. The van der Waals surface area contributed by atoms with Crippen molar-refractivity contribution >= 4 is 64.6 Å². The molecule has 0 bridgehead atoms. The lowest BCUT2D eigenvalue weighted by molar-refractivity contribution is 0.103. The van der Waals surface area contributed by atoms with E-state index in [1.165, 1.54) is 11.3 Å². The minimum Gasteiger partial charge on any atom is -0.319 e. The third-order valence-electron chi connectivity index (χ3n) is 2.48. The standard InChI is InChI=1S/C12H8Br2FNO3S2/c1-21(18,19)6-2-3-8(15)9(4-6)16-12(17)10-5-7(13)11(14)20-10/h2-5H,1H3,(H,16,17). The van der Waals surface area contributed by atoms with Crippen molar-refractivity contribution in [2.24, 2.45) is 0 Å². The molecule has 1 heterocycles. The van der Waals surface area contributed by atoms with Crippen molar-refractivity contribution in [3.05, 3.63) is 43.2 Å². The molecule has 0 saturated heterocycles. The fourth-order valence-electron chi connectivity index (χ4n) is 1.47. The number of carbonyl (C=O) groups excluding carboxylic acids is 1. The molecule has 0 fully saturated rings. The van der Waals surface area contributed by atoms with Gasteiger partial charge in [-0.05, 0) is 56.1 Å². The van der Waals surface area contributed by atoms with E-state index < -0.39 is 21.6 Å². The van der Waals surface area contributed by atoms with Gasteiger partial charge in [-0.3, -0.25) is 4.79 Å². The number of halogens is 3. The third kappa shape index (κ3) is 3.91. The number of sulfone groups is 1. The molecule has 21 heavy (non-hydrogen) atoms.